The predicted molar refractivity (Wildman–Crippen MR) is 107 cm³/mol. The summed E-state index contributed by atoms with van der Waals surface area (Å²) >= 11 is 1.90. The Morgan fingerprint density at radius 1 is 1.26 bits per heavy atom. The summed E-state index contributed by atoms with van der Waals surface area (Å²) < 4.78 is 5.50. The maximum atomic E-state index is 13.6. The highest BCUT2D eigenvalue weighted by molar-refractivity contribution is 7.12. The monoisotopic (exact) mass is 382 g/mol. The van der Waals surface area contributed by atoms with Crippen LogP contribution in [0.1, 0.15) is 40.6 Å². The van der Waals surface area contributed by atoms with E-state index in [1.807, 2.05) is 29.5 Å². The molecule has 0 N–H and O–H groups in total. The second-order valence-corrected chi connectivity index (χ2v) is 9.44. The van der Waals surface area contributed by atoms with Crippen molar-refractivity contribution in [3.8, 4) is 5.75 Å². The summed E-state index contributed by atoms with van der Waals surface area (Å²) in [6.45, 7) is 4.74. The molecule has 27 heavy (non-hydrogen) atoms. The van der Waals surface area contributed by atoms with E-state index in [2.05, 4.69) is 34.9 Å². The van der Waals surface area contributed by atoms with E-state index in [0.29, 0.717) is 24.4 Å². The molecule has 3 aliphatic rings. The lowest BCUT2D eigenvalue weighted by Crippen LogP contribution is -2.49. The highest BCUT2D eigenvalue weighted by Crippen LogP contribution is 2.56. The molecule has 4 nitrogen and oxygen atoms in total. The Bertz CT molecular complexity index is 879. The van der Waals surface area contributed by atoms with Crippen LogP contribution in [0.15, 0.2) is 36.4 Å². The van der Waals surface area contributed by atoms with Crippen LogP contribution in [0.4, 0.5) is 0 Å². The fourth-order valence-corrected chi connectivity index (χ4v) is 6.66. The number of methoxy groups -OCH3 is 1. The molecule has 3 atom stereocenters. The number of carbonyl (C=O) groups is 1. The lowest BCUT2D eigenvalue weighted by Gasteiger charge is -2.33. The summed E-state index contributed by atoms with van der Waals surface area (Å²) in [5, 5.41) is 0. The molecule has 1 aromatic heterocycles. The van der Waals surface area contributed by atoms with Gasteiger partial charge in [-0.1, -0.05) is 18.2 Å². The SMILES string of the molecule is COc1ccccc1CN1C[C@@H]2C[C@@H](c3ccc(C)s3)N3CCC[C@@]23C1=O. The number of rotatable bonds is 4. The van der Waals surface area contributed by atoms with Crippen LogP contribution in [0.2, 0.25) is 0 Å². The minimum absolute atomic E-state index is 0.259. The van der Waals surface area contributed by atoms with Gasteiger partial charge in [-0.25, -0.2) is 0 Å². The van der Waals surface area contributed by atoms with Gasteiger partial charge in [-0.3, -0.25) is 9.69 Å². The first-order valence-electron chi connectivity index (χ1n) is 9.88. The Hall–Kier alpha value is -1.85. The molecular weight excluding hydrogens is 356 g/mol. The van der Waals surface area contributed by atoms with Crippen LogP contribution in [-0.4, -0.2) is 41.4 Å². The van der Waals surface area contributed by atoms with Gasteiger partial charge in [0.1, 0.15) is 11.3 Å². The molecular formula is C22H26N2O2S. The summed E-state index contributed by atoms with van der Waals surface area (Å²) in [4.78, 5) is 21.1. The van der Waals surface area contributed by atoms with Crippen LogP contribution in [0.3, 0.4) is 0 Å². The number of hydrogen-bond donors (Lipinski definition) is 0. The van der Waals surface area contributed by atoms with E-state index in [-0.39, 0.29) is 5.54 Å². The van der Waals surface area contributed by atoms with Crippen molar-refractivity contribution >= 4 is 17.2 Å². The Morgan fingerprint density at radius 3 is 2.89 bits per heavy atom. The number of para-hydroxylation sites is 1. The first-order valence-corrected chi connectivity index (χ1v) is 10.7. The summed E-state index contributed by atoms with van der Waals surface area (Å²) in [7, 11) is 1.70. The summed E-state index contributed by atoms with van der Waals surface area (Å²) in [5.74, 6) is 1.65. The Labute approximate surface area is 164 Å². The lowest BCUT2D eigenvalue weighted by molar-refractivity contribution is -0.137. The van der Waals surface area contributed by atoms with Crippen molar-refractivity contribution in [2.75, 3.05) is 20.2 Å². The third-order valence-corrected chi connectivity index (χ3v) is 7.87. The van der Waals surface area contributed by atoms with Gasteiger partial charge in [-0.15, -0.1) is 11.3 Å². The van der Waals surface area contributed by atoms with E-state index in [0.717, 1.165) is 43.7 Å². The number of benzene rings is 1. The molecule has 0 unspecified atom stereocenters. The molecule has 5 heteroatoms. The maximum absolute atomic E-state index is 13.6. The molecule has 1 aromatic carbocycles. The molecule has 3 aliphatic heterocycles. The average molecular weight is 383 g/mol. The normalized spacial score (nSPS) is 30.0. The molecule has 0 bridgehead atoms. The summed E-state index contributed by atoms with van der Waals surface area (Å²) in [6, 6.07) is 13.0. The van der Waals surface area contributed by atoms with Gasteiger partial charge >= 0.3 is 0 Å². The van der Waals surface area contributed by atoms with Gasteiger partial charge in [-0.2, -0.15) is 0 Å². The molecule has 2 aromatic rings. The second-order valence-electron chi connectivity index (χ2n) is 8.12. The molecule has 0 aliphatic carbocycles. The minimum Gasteiger partial charge on any atom is -0.496 e. The predicted octanol–water partition coefficient (Wildman–Crippen LogP) is 4.00. The Kier molecular flexibility index (Phi) is 4.06. The van der Waals surface area contributed by atoms with E-state index in [4.69, 9.17) is 4.74 Å². The van der Waals surface area contributed by atoms with Crippen molar-refractivity contribution in [2.24, 2.45) is 5.92 Å². The van der Waals surface area contributed by atoms with Crippen molar-refractivity contribution in [3.63, 3.8) is 0 Å². The Balaban J connectivity index is 1.43. The summed E-state index contributed by atoms with van der Waals surface area (Å²) in [6.07, 6.45) is 3.25. The maximum Gasteiger partial charge on any atom is 0.243 e. The van der Waals surface area contributed by atoms with E-state index in [1.54, 1.807) is 7.11 Å². The standard InChI is InChI=1S/C22H26N2O2S/c1-15-8-9-20(27-15)18-12-17-14-23(13-16-6-3-4-7-19(16)26-2)21(25)22(17)10-5-11-24(18)22/h3-4,6-9,17-18H,5,10-14H2,1-2H3/t17-,18-,22-/m0/s1. The van der Waals surface area contributed by atoms with Gasteiger partial charge in [0.15, 0.2) is 0 Å². The van der Waals surface area contributed by atoms with Gasteiger partial charge in [0, 0.05) is 40.4 Å². The lowest BCUT2D eigenvalue weighted by atomic mass is 9.85. The molecule has 0 saturated carbocycles. The minimum atomic E-state index is -0.259. The zero-order valence-electron chi connectivity index (χ0n) is 16.0. The van der Waals surface area contributed by atoms with E-state index in [1.165, 1.54) is 9.75 Å². The number of nitrogens with zero attached hydrogens (tertiary/aromatic N) is 2. The van der Waals surface area contributed by atoms with Crippen LogP contribution in [0.25, 0.3) is 0 Å². The zero-order chi connectivity index (χ0) is 18.6. The van der Waals surface area contributed by atoms with E-state index >= 15 is 0 Å². The third-order valence-electron chi connectivity index (χ3n) is 6.77. The molecule has 142 valence electrons. The van der Waals surface area contributed by atoms with Gasteiger partial charge in [0.2, 0.25) is 5.91 Å². The van der Waals surface area contributed by atoms with Gasteiger partial charge < -0.3 is 9.64 Å². The number of carbonyl (C=O) groups excluding carboxylic acids is 1. The molecule has 3 fully saturated rings. The first kappa shape index (κ1) is 17.3. The van der Waals surface area contributed by atoms with Crippen LogP contribution in [0.5, 0.6) is 5.75 Å². The fourth-order valence-electron chi connectivity index (χ4n) is 5.66. The number of amides is 1. The number of aryl methyl sites for hydroxylation is 1. The van der Waals surface area contributed by atoms with Crippen LogP contribution in [0, 0.1) is 12.8 Å². The first-order chi connectivity index (χ1) is 13.1. The van der Waals surface area contributed by atoms with E-state index in [9.17, 15) is 4.79 Å². The van der Waals surface area contributed by atoms with Gasteiger partial charge in [0.25, 0.3) is 0 Å². The molecule has 0 radical (unpaired) electrons. The van der Waals surface area contributed by atoms with E-state index < -0.39 is 0 Å². The van der Waals surface area contributed by atoms with Crippen LogP contribution < -0.4 is 4.74 Å². The molecule has 1 amide bonds. The van der Waals surface area contributed by atoms with Crippen molar-refractivity contribution in [3.05, 3.63) is 51.7 Å². The summed E-state index contributed by atoms with van der Waals surface area (Å²) in [5.41, 5.74) is 0.838. The van der Waals surface area contributed by atoms with Crippen molar-refractivity contribution in [1.29, 1.82) is 0 Å². The van der Waals surface area contributed by atoms with Gasteiger partial charge in [-0.05, 0) is 50.9 Å². The van der Waals surface area contributed by atoms with Crippen LogP contribution >= 0.6 is 11.3 Å². The largest absolute Gasteiger partial charge is 0.496 e. The smallest absolute Gasteiger partial charge is 0.243 e. The number of ether oxygens (including phenoxy) is 1. The highest BCUT2D eigenvalue weighted by atomic mass is 32.1. The topological polar surface area (TPSA) is 32.8 Å². The average Bonchev–Trinajstić information content (AvgIpc) is 3.40. The van der Waals surface area contributed by atoms with Crippen LogP contribution in [-0.2, 0) is 11.3 Å². The second kappa shape index (κ2) is 6.35. The van der Waals surface area contributed by atoms with Gasteiger partial charge in [0.05, 0.1) is 7.11 Å². The fraction of sp³-hybridized carbons (Fsp3) is 0.500. The van der Waals surface area contributed by atoms with Crippen molar-refractivity contribution in [2.45, 2.75) is 44.3 Å². The molecule has 1 spiro atoms. The Morgan fingerprint density at radius 2 is 2.11 bits per heavy atom. The highest BCUT2D eigenvalue weighted by Gasteiger charge is 2.65. The molecule has 5 rings (SSSR count). The third kappa shape index (κ3) is 2.48. The molecule has 4 heterocycles. The molecule has 3 saturated heterocycles. The quantitative estimate of drug-likeness (QED) is 0.801. The van der Waals surface area contributed by atoms with Crippen molar-refractivity contribution in [1.82, 2.24) is 9.80 Å². The number of likely N-dealkylation sites (tertiary alicyclic amines) is 1. The van der Waals surface area contributed by atoms with Crippen molar-refractivity contribution < 1.29 is 9.53 Å². The number of hydrogen-bond acceptors (Lipinski definition) is 4. The zero-order valence-corrected chi connectivity index (χ0v) is 16.8. The number of thiophene rings is 1.